The van der Waals surface area contributed by atoms with Crippen LogP contribution in [0.1, 0.15) is 32.6 Å². The van der Waals surface area contributed by atoms with Crippen LogP contribution in [0.3, 0.4) is 0 Å². The van der Waals surface area contributed by atoms with Crippen LogP contribution in [-0.4, -0.2) is 16.1 Å². The average Bonchev–Trinajstić information content (AvgIpc) is 2.28. The largest absolute Gasteiger partial charge is 0.473 e. The van der Waals surface area contributed by atoms with E-state index in [4.69, 9.17) is 22.1 Å². The average molecular weight is 242 g/mol. The topological polar surface area (TPSA) is 61.0 Å². The minimum Gasteiger partial charge on any atom is -0.473 e. The first kappa shape index (κ1) is 11.5. The van der Waals surface area contributed by atoms with Crippen LogP contribution >= 0.6 is 11.6 Å². The lowest BCUT2D eigenvalue weighted by Gasteiger charge is -2.26. The highest BCUT2D eigenvalue weighted by molar-refractivity contribution is 6.33. The van der Waals surface area contributed by atoms with Crippen LogP contribution in [-0.2, 0) is 0 Å². The predicted molar refractivity (Wildman–Crippen MR) is 63.5 cm³/mol. The molecule has 1 aliphatic carbocycles. The molecule has 1 aromatic heterocycles. The Hall–Kier alpha value is -1.03. The van der Waals surface area contributed by atoms with Crippen molar-refractivity contribution in [3.8, 4) is 5.88 Å². The third-order valence-corrected chi connectivity index (χ3v) is 3.38. The summed E-state index contributed by atoms with van der Waals surface area (Å²) in [4.78, 5) is 7.81. The van der Waals surface area contributed by atoms with Gasteiger partial charge in [0, 0.05) is 0 Å². The van der Waals surface area contributed by atoms with E-state index < -0.39 is 0 Å². The molecular weight excluding hydrogens is 226 g/mol. The molecule has 0 bridgehead atoms. The summed E-state index contributed by atoms with van der Waals surface area (Å²) < 4.78 is 5.75. The number of hydrogen-bond donors (Lipinski definition) is 1. The van der Waals surface area contributed by atoms with E-state index in [0.717, 1.165) is 18.8 Å². The van der Waals surface area contributed by atoms with Crippen LogP contribution in [0.25, 0.3) is 0 Å². The van der Waals surface area contributed by atoms with Crippen molar-refractivity contribution in [1.29, 1.82) is 0 Å². The Labute approximate surface area is 100 Å². The summed E-state index contributed by atoms with van der Waals surface area (Å²) in [5.74, 6) is 1.48. The second kappa shape index (κ2) is 4.87. The molecule has 2 N–H and O–H groups in total. The van der Waals surface area contributed by atoms with E-state index in [1.54, 1.807) is 0 Å². The van der Waals surface area contributed by atoms with E-state index in [9.17, 15) is 0 Å². The Balaban J connectivity index is 2.01. The molecule has 4 nitrogen and oxygen atoms in total. The first-order chi connectivity index (χ1) is 7.66. The molecule has 1 heterocycles. The number of nitrogen functional groups attached to an aromatic ring is 1. The Bertz CT molecular complexity index is 364. The van der Waals surface area contributed by atoms with E-state index in [0.29, 0.717) is 10.9 Å². The van der Waals surface area contributed by atoms with Gasteiger partial charge >= 0.3 is 0 Å². The minimum atomic E-state index is 0.211. The molecule has 0 saturated heterocycles. The molecule has 5 heteroatoms. The van der Waals surface area contributed by atoms with Crippen molar-refractivity contribution >= 4 is 17.4 Å². The van der Waals surface area contributed by atoms with Crippen LogP contribution in [0.5, 0.6) is 5.88 Å². The van der Waals surface area contributed by atoms with Crippen molar-refractivity contribution in [3.63, 3.8) is 0 Å². The van der Waals surface area contributed by atoms with Crippen LogP contribution < -0.4 is 10.5 Å². The number of nitrogens with two attached hydrogens (primary N) is 1. The fourth-order valence-corrected chi connectivity index (χ4v) is 2.10. The summed E-state index contributed by atoms with van der Waals surface area (Å²) in [5, 5.41) is 0.320. The van der Waals surface area contributed by atoms with Crippen LogP contribution in [0.4, 0.5) is 5.82 Å². The monoisotopic (exact) mass is 241 g/mol. The standard InChI is InChI=1S/C11H16ClN3O/c1-7-2-4-8(5-3-7)16-11-9(12)10(13)14-6-15-11/h6-8H,2-5H2,1H3,(H2,13,14,15). The maximum Gasteiger partial charge on any atom is 0.238 e. The number of ether oxygens (including phenoxy) is 1. The van der Waals surface area contributed by atoms with E-state index in [1.807, 2.05) is 0 Å². The fourth-order valence-electron chi connectivity index (χ4n) is 1.95. The molecular formula is C11H16ClN3O. The van der Waals surface area contributed by atoms with E-state index in [-0.39, 0.29) is 11.9 Å². The first-order valence-electron chi connectivity index (χ1n) is 5.59. The van der Waals surface area contributed by atoms with Gasteiger partial charge < -0.3 is 10.5 Å². The fraction of sp³-hybridized carbons (Fsp3) is 0.636. The van der Waals surface area contributed by atoms with Crippen molar-refractivity contribution in [2.24, 2.45) is 5.92 Å². The molecule has 0 unspecified atom stereocenters. The summed E-state index contributed by atoms with van der Waals surface area (Å²) in [7, 11) is 0. The Morgan fingerprint density at radius 3 is 2.69 bits per heavy atom. The van der Waals surface area contributed by atoms with Crippen molar-refractivity contribution in [2.75, 3.05) is 5.73 Å². The van der Waals surface area contributed by atoms with Crippen molar-refractivity contribution in [1.82, 2.24) is 9.97 Å². The van der Waals surface area contributed by atoms with E-state index in [2.05, 4.69) is 16.9 Å². The molecule has 16 heavy (non-hydrogen) atoms. The van der Waals surface area contributed by atoms with Crippen molar-refractivity contribution in [2.45, 2.75) is 38.7 Å². The van der Waals surface area contributed by atoms with Crippen LogP contribution in [0.15, 0.2) is 6.33 Å². The molecule has 1 fully saturated rings. The highest BCUT2D eigenvalue weighted by Gasteiger charge is 2.21. The number of hydrogen-bond acceptors (Lipinski definition) is 4. The highest BCUT2D eigenvalue weighted by atomic mass is 35.5. The lowest BCUT2D eigenvalue weighted by Crippen LogP contribution is -2.23. The Morgan fingerprint density at radius 2 is 2.00 bits per heavy atom. The summed E-state index contributed by atoms with van der Waals surface area (Å²) in [6.45, 7) is 2.27. The van der Waals surface area contributed by atoms with Gasteiger partial charge in [0.05, 0.1) is 0 Å². The first-order valence-corrected chi connectivity index (χ1v) is 5.97. The van der Waals surface area contributed by atoms with Gasteiger partial charge in [0.25, 0.3) is 0 Å². The molecule has 88 valence electrons. The number of aromatic nitrogens is 2. The molecule has 0 spiro atoms. The number of halogens is 1. The van der Waals surface area contributed by atoms with Gasteiger partial charge in [0.1, 0.15) is 23.3 Å². The lowest BCUT2D eigenvalue weighted by atomic mass is 9.89. The molecule has 2 rings (SSSR count). The number of rotatable bonds is 2. The smallest absolute Gasteiger partial charge is 0.238 e. The second-order valence-corrected chi connectivity index (χ2v) is 4.76. The maximum atomic E-state index is 5.97. The highest BCUT2D eigenvalue weighted by Crippen LogP contribution is 2.31. The normalized spacial score (nSPS) is 25.4. The molecule has 0 aromatic carbocycles. The van der Waals surface area contributed by atoms with Gasteiger partial charge in [-0.3, -0.25) is 0 Å². The molecule has 1 aliphatic rings. The number of anilines is 1. The van der Waals surface area contributed by atoms with Crippen LogP contribution in [0, 0.1) is 5.92 Å². The van der Waals surface area contributed by atoms with Gasteiger partial charge in [0.15, 0.2) is 0 Å². The molecule has 1 saturated carbocycles. The summed E-state index contributed by atoms with van der Waals surface area (Å²) >= 11 is 5.97. The number of nitrogens with zero attached hydrogens (tertiary/aromatic N) is 2. The predicted octanol–water partition coefficient (Wildman–Crippen LogP) is 2.67. The minimum absolute atomic E-state index is 0.211. The summed E-state index contributed by atoms with van der Waals surface area (Å²) in [6, 6.07) is 0. The van der Waals surface area contributed by atoms with E-state index >= 15 is 0 Å². The van der Waals surface area contributed by atoms with Crippen molar-refractivity contribution < 1.29 is 4.74 Å². The van der Waals surface area contributed by atoms with Gasteiger partial charge in [-0.05, 0) is 31.6 Å². The molecule has 0 atom stereocenters. The molecule has 0 aliphatic heterocycles. The summed E-state index contributed by atoms with van der Waals surface area (Å²) in [5.41, 5.74) is 5.58. The zero-order valence-corrected chi connectivity index (χ0v) is 10.1. The molecule has 0 amide bonds. The van der Waals surface area contributed by atoms with Gasteiger partial charge in [-0.2, -0.15) is 0 Å². The second-order valence-electron chi connectivity index (χ2n) is 4.38. The SMILES string of the molecule is CC1CCC(Oc2ncnc(N)c2Cl)CC1. The Morgan fingerprint density at radius 1 is 1.31 bits per heavy atom. The lowest BCUT2D eigenvalue weighted by molar-refractivity contribution is 0.130. The third-order valence-electron chi connectivity index (χ3n) is 3.03. The van der Waals surface area contributed by atoms with Gasteiger partial charge in [-0.25, -0.2) is 9.97 Å². The Kier molecular flexibility index (Phi) is 3.49. The molecule has 0 radical (unpaired) electrons. The van der Waals surface area contributed by atoms with E-state index in [1.165, 1.54) is 19.2 Å². The van der Waals surface area contributed by atoms with Crippen molar-refractivity contribution in [3.05, 3.63) is 11.3 Å². The van der Waals surface area contributed by atoms with Gasteiger partial charge in [-0.1, -0.05) is 18.5 Å². The quantitative estimate of drug-likeness (QED) is 0.865. The van der Waals surface area contributed by atoms with Gasteiger partial charge in [0.2, 0.25) is 5.88 Å². The zero-order valence-electron chi connectivity index (χ0n) is 9.32. The summed E-state index contributed by atoms with van der Waals surface area (Å²) in [6.07, 6.45) is 6.10. The van der Waals surface area contributed by atoms with Gasteiger partial charge in [-0.15, -0.1) is 0 Å². The zero-order chi connectivity index (χ0) is 11.5. The molecule has 1 aromatic rings. The third kappa shape index (κ3) is 2.55. The van der Waals surface area contributed by atoms with Crippen LogP contribution in [0.2, 0.25) is 5.02 Å². The maximum absolute atomic E-state index is 5.97.